The Kier molecular flexibility index (Phi) is 4.46. The number of H-pyrrole nitrogens is 1. The number of nitrogens with zero attached hydrogens (tertiary/aromatic N) is 2. The topological polar surface area (TPSA) is 66.1 Å². The molecule has 1 N–H and O–H groups in total. The lowest BCUT2D eigenvalue weighted by molar-refractivity contribution is -0.139. The van der Waals surface area contributed by atoms with Crippen molar-refractivity contribution in [3.63, 3.8) is 0 Å². The fraction of sp³-hybridized carbons (Fsp3) is 0.389. The summed E-state index contributed by atoms with van der Waals surface area (Å²) >= 11 is 0. The highest BCUT2D eigenvalue weighted by molar-refractivity contribution is 5.78. The molecule has 0 unspecified atom stereocenters. The van der Waals surface area contributed by atoms with Crippen molar-refractivity contribution in [3.8, 4) is 0 Å². The van der Waals surface area contributed by atoms with Gasteiger partial charge in [-0.3, -0.25) is 4.79 Å². The highest BCUT2D eigenvalue weighted by Crippen LogP contribution is 2.33. The molecule has 0 spiro atoms. The van der Waals surface area contributed by atoms with Gasteiger partial charge in [0, 0.05) is 24.4 Å². The van der Waals surface area contributed by atoms with Crippen LogP contribution in [-0.2, 0) is 11.2 Å². The van der Waals surface area contributed by atoms with E-state index in [4.69, 9.17) is 0 Å². The number of hydrogen-bond donors (Lipinski definition) is 1. The third kappa shape index (κ3) is 3.22. The van der Waals surface area contributed by atoms with Gasteiger partial charge >= 0.3 is 5.69 Å². The number of carbonyl (C=O) groups excluding carboxylic acids is 1. The van der Waals surface area contributed by atoms with Gasteiger partial charge in [-0.1, -0.05) is 12.1 Å². The maximum absolute atomic E-state index is 13.0. The zero-order valence-electron chi connectivity index (χ0n) is 13.8. The van der Waals surface area contributed by atoms with Gasteiger partial charge in [-0.25, -0.2) is 9.18 Å². The molecule has 1 amide bonds. The number of aromatic nitrogens is 2. The number of hydrogen-bond acceptors (Lipinski definition) is 3. The molecule has 1 aliphatic rings. The van der Waals surface area contributed by atoms with E-state index in [2.05, 4.69) is 9.97 Å². The minimum Gasteiger partial charge on any atom is -0.335 e. The third-order valence-electron chi connectivity index (χ3n) is 4.64. The molecule has 3 rings (SSSR count). The average Bonchev–Trinajstić information content (AvgIpc) is 2.47. The molecule has 1 fully saturated rings. The minimum absolute atomic E-state index is 0.0361. The van der Waals surface area contributed by atoms with E-state index in [1.165, 1.54) is 12.1 Å². The van der Waals surface area contributed by atoms with Gasteiger partial charge in [0.2, 0.25) is 5.91 Å². The summed E-state index contributed by atoms with van der Waals surface area (Å²) in [5, 5.41) is 0. The van der Waals surface area contributed by atoms with E-state index in [9.17, 15) is 14.0 Å². The SMILES string of the molecule is Cc1nc(=O)[nH]c(C)c1CCC(=O)N1CC[C@@H]1c1ccc(F)cc1. The molecule has 1 saturated heterocycles. The zero-order chi connectivity index (χ0) is 17.3. The Morgan fingerprint density at radius 2 is 2.04 bits per heavy atom. The van der Waals surface area contributed by atoms with Crippen LogP contribution in [0.15, 0.2) is 29.1 Å². The van der Waals surface area contributed by atoms with Gasteiger partial charge < -0.3 is 9.88 Å². The first-order chi connectivity index (χ1) is 11.5. The zero-order valence-corrected chi connectivity index (χ0v) is 13.8. The van der Waals surface area contributed by atoms with Crippen molar-refractivity contribution in [3.05, 3.63) is 63.1 Å². The molecule has 1 atom stereocenters. The van der Waals surface area contributed by atoms with Gasteiger partial charge in [0.25, 0.3) is 0 Å². The van der Waals surface area contributed by atoms with E-state index in [-0.39, 0.29) is 23.5 Å². The molecule has 0 saturated carbocycles. The van der Waals surface area contributed by atoms with Gasteiger partial charge in [-0.05, 0) is 49.9 Å². The number of benzene rings is 1. The number of aromatic amines is 1. The second-order valence-corrected chi connectivity index (χ2v) is 6.17. The summed E-state index contributed by atoms with van der Waals surface area (Å²) < 4.78 is 13.0. The Hall–Kier alpha value is -2.50. The smallest absolute Gasteiger partial charge is 0.335 e. The Labute approximate surface area is 139 Å². The number of amides is 1. The highest BCUT2D eigenvalue weighted by Gasteiger charge is 2.32. The summed E-state index contributed by atoms with van der Waals surface area (Å²) in [7, 11) is 0. The van der Waals surface area contributed by atoms with E-state index < -0.39 is 0 Å². The van der Waals surface area contributed by atoms with Gasteiger partial charge in [0.15, 0.2) is 0 Å². The van der Waals surface area contributed by atoms with Crippen molar-refractivity contribution in [1.29, 1.82) is 0 Å². The van der Waals surface area contributed by atoms with Crippen LogP contribution in [0, 0.1) is 19.7 Å². The average molecular weight is 329 g/mol. The van der Waals surface area contributed by atoms with Crippen LogP contribution in [0.1, 0.15) is 41.4 Å². The fourth-order valence-electron chi connectivity index (χ4n) is 3.22. The molecule has 1 aromatic heterocycles. The normalized spacial score (nSPS) is 16.8. The number of aryl methyl sites for hydroxylation is 2. The maximum atomic E-state index is 13.0. The van der Waals surface area contributed by atoms with Crippen LogP contribution < -0.4 is 5.69 Å². The highest BCUT2D eigenvalue weighted by atomic mass is 19.1. The van der Waals surface area contributed by atoms with Crippen molar-refractivity contribution in [2.75, 3.05) is 6.54 Å². The Morgan fingerprint density at radius 1 is 1.33 bits per heavy atom. The second kappa shape index (κ2) is 6.55. The fourth-order valence-corrected chi connectivity index (χ4v) is 3.22. The molecule has 2 heterocycles. The number of halogens is 1. The molecule has 0 bridgehead atoms. The predicted octanol–water partition coefficient (Wildman–Crippen LogP) is 2.43. The summed E-state index contributed by atoms with van der Waals surface area (Å²) in [5.41, 5.74) is 2.96. The lowest BCUT2D eigenvalue weighted by Gasteiger charge is -2.41. The number of rotatable bonds is 4. The van der Waals surface area contributed by atoms with Crippen molar-refractivity contribution in [2.45, 2.75) is 39.2 Å². The van der Waals surface area contributed by atoms with Crippen LogP contribution in [0.25, 0.3) is 0 Å². The molecular formula is C18H20FN3O2. The van der Waals surface area contributed by atoms with Crippen LogP contribution in [0.2, 0.25) is 0 Å². The first kappa shape index (κ1) is 16.4. The monoisotopic (exact) mass is 329 g/mol. The summed E-state index contributed by atoms with van der Waals surface area (Å²) in [4.78, 5) is 32.2. The molecule has 1 aliphatic heterocycles. The van der Waals surface area contributed by atoms with E-state index >= 15 is 0 Å². The van der Waals surface area contributed by atoms with Crippen molar-refractivity contribution in [1.82, 2.24) is 14.9 Å². The summed E-state index contributed by atoms with van der Waals surface area (Å²) in [6.45, 7) is 4.33. The maximum Gasteiger partial charge on any atom is 0.345 e. The van der Waals surface area contributed by atoms with Crippen molar-refractivity contribution >= 4 is 5.91 Å². The number of likely N-dealkylation sites (tertiary alicyclic amines) is 1. The first-order valence-electron chi connectivity index (χ1n) is 8.07. The Balaban J connectivity index is 1.65. The predicted molar refractivity (Wildman–Crippen MR) is 88.1 cm³/mol. The van der Waals surface area contributed by atoms with Crippen LogP contribution in [0.4, 0.5) is 4.39 Å². The van der Waals surface area contributed by atoms with Gasteiger partial charge in [0.1, 0.15) is 5.82 Å². The van der Waals surface area contributed by atoms with Gasteiger partial charge in [0.05, 0.1) is 6.04 Å². The standard InChI is InChI=1S/C18H20FN3O2/c1-11-15(12(2)21-18(24)20-11)7-8-17(23)22-10-9-16(22)13-3-5-14(19)6-4-13/h3-6,16H,7-10H2,1-2H3,(H,20,21,24)/t16-/m1/s1. The van der Waals surface area contributed by atoms with E-state index in [0.717, 1.165) is 29.8 Å². The molecular weight excluding hydrogens is 309 g/mol. The first-order valence-corrected chi connectivity index (χ1v) is 8.07. The molecule has 1 aromatic carbocycles. The van der Waals surface area contributed by atoms with Crippen LogP contribution >= 0.6 is 0 Å². The van der Waals surface area contributed by atoms with Gasteiger partial charge in [-0.2, -0.15) is 4.98 Å². The Morgan fingerprint density at radius 3 is 2.62 bits per heavy atom. The van der Waals surface area contributed by atoms with E-state index in [1.807, 2.05) is 11.8 Å². The molecule has 2 aromatic rings. The molecule has 24 heavy (non-hydrogen) atoms. The summed E-state index contributed by atoms with van der Waals surface area (Å²) in [5.74, 6) is -0.201. The molecule has 6 heteroatoms. The van der Waals surface area contributed by atoms with Crippen LogP contribution in [0.5, 0.6) is 0 Å². The second-order valence-electron chi connectivity index (χ2n) is 6.17. The van der Waals surface area contributed by atoms with E-state index in [0.29, 0.717) is 18.5 Å². The summed E-state index contributed by atoms with van der Waals surface area (Å²) in [6.07, 6.45) is 1.82. The Bertz CT molecular complexity index is 788. The summed E-state index contributed by atoms with van der Waals surface area (Å²) in [6, 6.07) is 6.36. The van der Waals surface area contributed by atoms with Crippen LogP contribution in [0.3, 0.4) is 0 Å². The largest absolute Gasteiger partial charge is 0.345 e. The third-order valence-corrected chi connectivity index (χ3v) is 4.64. The minimum atomic E-state index is -0.362. The molecule has 0 aliphatic carbocycles. The number of nitrogens with one attached hydrogen (secondary N) is 1. The lowest BCUT2D eigenvalue weighted by Crippen LogP contribution is -2.45. The molecule has 126 valence electrons. The van der Waals surface area contributed by atoms with Crippen molar-refractivity contribution < 1.29 is 9.18 Å². The lowest BCUT2D eigenvalue weighted by atomic mass is 9.93. The molecule has 0 radical (unpaired) electrons. The number of carbonyl (C=O) groups is 1. The van der Waals surface area contributed by atoms with E-state index in [1.54, 1.807) is 19.1 Å². The van der Waals surface area contributed by atoms with Gasteiger partial charge in [-0.15, -0.1) is 0 Å². The quantitative estimate of drug-likeness (QED) is 0.937. The molecule has 5 nitrogen and oxygen atoms in total. The van der Waals surface area contributed by atoms with Crippen molar-refractivity contribution in [2.24, 2.45) is 0 Å². The van der Waals surface area contributed by atoms with Crippen LogP contribution in [-0.4, -0.2) is 27.3 Å².